The first-order chi connectivity index (χ1) is 8.01. The van der Waals surface area contributed by atoms with Gasteiger partial charge in [0.1, 0.15) is 12.4 Å². The Labute approximate surface area is 102 Å². The minimum absolute atomic E-state index is 0.308. The molecular weight excluding hydrogens is 218 g/mol. The van der Waals surface area contributed by atoms with Crippen LogP contribution in [0.3, 0.4) is 0 Å². The van der Waals surface area contributed by atoms with Crippen LogP contribution in [0.2, 0.25) is 0 Å². The normalized spacial score (nSPS) is 10.5. The number of methoxy groups -OCH3 is 1. The van der Waals surface area contributed by atoms with E-state index in [1.165, 1.54) is 4.90 Å². The number of ether oxygens (including phenoxy) is 1. The van der Waals surface area contributed by atoms with Crippen LogP contribution < -0.4 is 9.64 Å². The van der Waals surface area contributed by atoms with E-state index in [1.54, 1.807) is 20.2 Å². The van der Waals surface area contributed by atoms with Gasteiger partial charge in [0.25, 0.3) is 5.91 Å². The second-order valence-corrected chi connectivity index (χ2v) is 4.19. The highest BCUT2D eigenvalue weighted by atomic mass is 16.5. The third-order valence-electron chi connectivity index (χ3n) is 2.73. The van der Waals surface area contributed by atoms with Gasteiger partial charge in [-0.15, -0.1) is 0 Å². The number of likely N-dealkylation sites (N-methyl/N-ethyl adjacent to an activating group) is 1. The summed E-state index contributed by atoms with van der Waals surface area (Å²) in [6.45, 7) is 3.64. The lowest BCUT2D eigenvalue weighted by molar-refractivity contribution is -0.120. The number of nitrogens with zero attached hydrogens (tertiary/aromatic N) is 1. The van der Waals surface area contributed by atoms with Crippen LogP contribution in [0.4, 0.5) is 5.69 Å². The van der Waals surface area contributed by atoms with E-state index >= 15 is 0 Å². The Morgan fingerprint density at radius 2 is 2.12 bits per heavy atom. The van der Waals surface area contributed by atoms with Crippen molar-refractivity contribution in [3.8, 4) is 5.75 Å². The zero-order valence-corrected chi connectivity index (χ0v) is 10.7. The minimum Gasteiger partial charge on any atom is -0.496 e. The number of rotatable bonds is 4. The molecule has 1 rings (SSSR count). The van der Waals surface area contributed by atoms with Crippen molar-refractivity contribution in [3.05, 3.63) is 23.8 Å². The standard InChI is InChI=1S/C13H19NO3/c1-9(2)11-7-10(5-6-12(11)17-4)14(3)13(16)8-15/h5-7,9,15H,8H2,1-4H3. The summed E-state index contributed by atoms with van der Waals surface area (Å²) in [6.07, 6.45) is 0. The Balaban J connectivity index is 3.12. The van der Waals surface area contributed by atoms with Crippen LogP contribution in [0.1, 0.15) is 25.3 Å². The van der Waals surface area contributed by atoms with Gasteiger partial charge in [0.2, 0.25) is 0 Å². The number of aliphatic hydroxyl groups excluding tert-OH is 1. The molecule has 4 heteroatoms. The van der Waals surface area contributed by atoms with E-state index < -0.39 is 6.61 Å². The van der Waals surface area contributed by atoms with E-state index in [-0.39, 0.29) is 5.91 Å². The molecule has 94 valence electrons. The maximum Gasteiger partial charge on any atom is 0.252 e. The Morgan fingerprint density at radius 3 is 2.59 bits per heavy atom. The molecule has 0 aliphatic carbocycles. The second kappa shape index (κ2) is 5.68. The molecule has 0 radical (unpaired) electrons. The van der Waals surface area contributed by atoms with Crippen LogP contribution >= 0.6 is 0 Å². The Kier molecular flexibility index (Phi) is 4.52. The van der Waals surface area contributed by atoms with E-state index in [0.29, 0.717) is 5.92 Å². The van der Waals surface area contributed by atoms with Gasteiger partial charge >= 0.3 is 0 Å². The van der Waals surface area contributed by atoms with Gasteiger partial charge in [-0.3, -0.25) is 4.79 Å². The molecule has 0 atom stereocenters. The van der Waals surface area contributed by atoms with Gasteiger partial charge in [0.05, 0.1) is 7.11 Å². The third-order valence-corrected chi connectivity index (χ3v) is 2.73. The molecule has 0 aromatic heterocycles. The van der Waals surface area contributed by atoms with Crippen molar-refractivity contribution in [2.75, 3.05) is 25.7 Å². The van der Waals surface area contributed by atoms with Crippen molar-refractivity contribution < 1.29 is 14.6 Å². The number of amides is 1. The maximum absolute atomic E-state index is 11.4. The lowest BCUT2D eigenvalue weighted by atomic mass is 10.0. The molecule has 1 aromatic rings. The smallest absolute Gasteiger partial charge is 0.252 e. The van der Waals surface area contributed by atoms with Gasteiger partial charge in [-0.25, -0.2) is 0 Å². The van der Waals surface area contributed by atoms with E-state index in [4.69, 9.17) is 9.84 Å². The minimum atomic E-state index is -0.487. The molecule has 0 aliphatic heterocycles. The Bertz CT molecular complexity index is 402. The van der Waals surface area contributed by atoms with Gasteiger partial charge in [0, 0.05) is 12.7 Å². The molecule has 4 nitrogen and oxygen atoms in total. The van der Waals surface area contributed by atoms with E-state index in [9.17, 15) is 4.79 Å². The second-order valence-electron chi connectivity index (χ2n) is 4.19. The van der Waals surface area contributed by atoms with Crippen molar-refractivity contribution in [2.45, 2.75) is 19.8 Å². The average molecular weight is 237 g/mol. The predicted molar refractivity (Wildman–Crippen MR) is 67.6 cm³/mol. The first-order valence-electron chi connectivity index (χ1n) is 5.56. The SMILES string of the molecule is COc1ccc(N(C)C(=O)CO)cc1C(C)C. The van der Waals surface area contributed by atoms with E-state index in [2.05, 4.69) is 13.8 Å². The van der Waals surface area contributed by atoms with E-state index in [0.717, 1.165) is 17.0 Å². The third kappa shape index (κ3) is 2.97. The topological polar surface area (TPSA) is 49.8 Å². The van der Waals surface area contributed by atoms with Crippen molar-refractivity contribution in [2.24, 2.45) is 0 Å². The van der Waals surface area contributed by atoms with Crippen LogP contribution in [0.25, 0.3) is 0 Å². The molecule has 17 heavy (non-hydrogen) atoms. The number of carbonyl (C=O) groups excluding carboxylic acids is 1. The number of hydrogen-bond donors (Lipinski definition) is 1. The lowest BCUT2D eigenvalue weighted by Gasteiger charge is -2.19. The van der Waals surface area contributed by atoms with Crippen LogP contribution in [0.5, 0.6) is 5.75 Å². The molecule has 0 saturated carbocycles. The molecule has 0 bridgehead atoms. The molecule has 1 N–H and O–H groups in total. The van der Waals surface area contributed by atoms with Crippen LogP contribution in [0, 0.1) is 0 Å². The summed E-state index contributed by atoms with van der Waals surface area (Å²) in [4.78, 5) is 12.8. The first-order valence-corrected chi connectivity index (χ1v) is 5.56. The summed E-state index contributed by atoms with van der Waals surface area (Å²) in [5.41, 5.74) is 1.80. The predicted octanol–water partition coefficient (Wildman–Crippen LogP) is 1.77. The summed E-state index contributed by atoms with van der Waals surface area (Å²) in [6, 6.07) is 5.56. The van der Waals surface area contributed by atoms with Crippen LogP contribution in [-0.4, -0.2) is 31.8 Å². The van der Waals surface area contributed by atoms with Crippen molar-refractivity contribution in [1.82, 2.24) is 0 Å². The highest BCUT2D eigenvalue weighted by Crippen LogP contribution is 2.30. The summed E-state index contributed by atoms with van der Waals surface area (Å²) in [7, 11) is 3.27. The molecule has 0 aliphatic rings. The number of carbonyl (C=O) groups is 1. The first kappa shape index (κ1) is 13.5. The fraction of sp³-hybridized carbons (Fsp3) is 0.462. The zero-order chi connectivity index (χ0) is 13.0. The number of hydrogen-bond acceptors (Lipinski definition) is 3. The molecule has 1 aromatic carbocycles. The van der Waals surface area contributed by atoms with Gasteiger partial charge in [-0.1, -0.05) is 13.8 Å². The molecule has 0 fully saturated rings. The maximum atomic E-state index is 11.4. The zero-order valence-electron chi connectivity index (χ0n) is 10.7. The molecule has 0 heterocycles. The van der Waals surface area contributed by atoms with Gasteiger partial charge in [-0.05, 0) is 29.7 Å². The highest BCUT2D eigenvalue weighted by Gasteiger charge is 2.13. The van der Waals surface area contributed by atoms with Crippen molar-refractivity contribution in [1.29, 1.82) is 0 Å². The molecule has 0 unspecified atom stereocenters. The molecular formula is C13H19NO3. The molecule has 0 saturated heterocycles. The quantitative estimate of drug-likeness (QED) is 0.868. The number of benzene rings is 1. The molecule has 0 spiro atoms. The fourth-order valence-electron chi connectivity index (χ4n) is 1.63. The molecule has 1 amide bonds. The Morgan fingerprint density at radius 1 is 1.47 bits per heavy atom. The summed E-state index contributed by atoms with van der Waals surface area (Å²) >= 11 is 0. The van der Waals surface area contributed by atoms with Gasteiger partial charge in [0.15, 0.2) is 0 Å². The summed E-state index contributed by atoms with van der Waals surface area (Å²) in [5, 5.41) is 8.83. The van der Waals surface area contributed by atoms with Crippen molar-refractivity contribution >= 4 is 11.6 Å². The Hall–Kier alpha value is -1.55. The van der Waals surface area contributed by atoms with Gasteiger partial charge < -0.3 is 14.7 Å². The van der Waals surface area contributed by atoms with E-state index in [1.807, 2.05) is 12.1 Å². The number of aliphatic hydroxyl groups is 1. The average Bonchev–Trinajstić information content (AvgIpc) is 2.35. The fourth-order valence-corrected chi connectivity index (χ4v) is 1.63. The lowest BCUT2D eigenvalue weighted by Crippen LogP contribution is -2.28. The summed E-state index contributed by atoms with van der Waals surface area (Å²) in [5.74, 6) is 0.793. The van der Waals surface area contributed by atoms with Gasteiger partial charge in [-0.2, -0.15) is 0 Å². The van der Waals surface area contributed by atoms with Crippen molar-refractivity contribution in [3.63, 3.8) is 0 Å². The largest absolute Gasteiger partial charge is 0.496 e. The summed E-state index contributed by atoms with van der Waals surface area (Å²) < 4.78 is 5.28. The monoisotopic (exact) mass is 237 g/mol. The highest BCUT2D eigenvalue weighted by molar-refractivity contribution is 5.93. The van der Waals surface area contributed by atoms with Crippen LogP contribution in [0.15, 0.2) is 18.2 Å². The number of anilines is 1. The van der Waals surface area contributed by atoms with Crippen LogP contribution in [-0.2, 0) is 4.79 Å².